The van der Waals surface area contributed by atoms with Crippen LogP contribution in [0.1, 0.15) is 22.8 Å². The lowest BCUT2D eigenvalue weighted by Crippen LogP contribution is -2.41. The Hall–Kier alpha value is -2.99. The van der Waals surface area contributed by atoms with Gasteiger partial charge in [0.05, 0.1) is 6.54 Å². The molecule has 1 atom stereocenters. The zero-order valence-corrected chi connectivity index (χ0v) is 14.4. The number of carbonyl (C=O) groups excluding carboxylic acids is 1. The van der Waals surface area contributed by atoms with Crippen molar-refractivity contribution in [2.24, 2.45) is 0 Å². The van der Waals surface area contributed by atoms with Crippen LogP contribution in [0.2, 0.25) is 0 Å². The summed E-state index contributed by atoms with van der Waals surface area (Å²) in [5.74, 6) is -1.04. The molecule has 2 aromatic carbocycles. The van der Waals surface area contributed by atoms with Gasteiger partial charge in [0.2, 0.25) is 0 Å². The van der Waals surface area contributed by atoms with Crippen LogP contribution in [0.25, 0.3) is 11.0 Å². The van der Waals surface area contributed by atoms with Gasteiger partial charge < -0.3 is 14.5 Å². The SMILES string of the molecule is CO[C@](C)(CNC(=O)c1cc2ccccc2oc1=O)c1ccccc1F. The predicted octanol–water partition coefficient (Wildman–Crippen LogP) is 3.22. The van der Waals surface area contributed by atoms with Gasteiger partial charge in [-0.15, -0.1) is 0 Å². The molecule has 1 N–H and O–H groups in total. The molecule has 0 radical (unpaired) electrons. The maximum Gasteiger partial charge on any atom is 0.349 e. The van der Waals surface area contributed by atoms with Crippen LogP contribution in [-0.2, 0) is 10.3 Å². The van der Waals surface area contributed by atoms with Crippen LogP contribution in [0.15, 0.2) is 63.8 Å². The third-order valence-electron chi connectivity index (χ3n) is 4.37. The Morgan fingerprint density at radius 3 is 2.62 bits per heavy atom. The molecule has 0 aliphatic carbocycles. The summed E-state index contributed by atoms with van der Waals surface area (Å²) < 4.78 is 24.7. The Kier molecular flexibility index (Phi) is 4.86. The molecule has 0 aliphatic heterocycles. The van der Waals surface area contributed by atoms with Crippen LogP contribution in [0.3, 0.4) is 0 Å². The van der Waals surface area contributed by atoms with Crippen molar-refractivity contribution in [1.82, 2.24) is 5.32 Å². The lowest BCUT2D eigenvalue weighted by Gasteiger charge is -2.29. The van der Waals surface area contributed by atoms with E-state index in [1.807, 2.05) is 0 Å². The molecule has 0 unspecified atom stereocenters. The molecule has 3 aromatic rings. The number of benzene rings is 2. The normalized spacial score (nSPS) is 13.3. The van der Waals surface area contributed by atoms with Gasteiger partial charge in [-0.3, -0.25) is 4.79 Å². The molecule has 1 aromatic heterocycles. The zero-order valence-electron chi connectivity index (χ0n) is 14.4. The number of hydrogen-bond donors (Lipinski definition) is 1. The number of amides is 1. The summed E-state index contributed by atoms with van der Waals surface area (Å²) in [5, 5.41) is 3.27. The molecule has 3 rings (SSSR count). The number of carbonyl (C=O) groups is 1. The minimum atomic E-state index is -1.09. The van der Waals surface area contributed by atoms with E-state index in [4.69, 9.17) is 9.15 Å². The highest BCUT2D eigenvalue weighted by molar-refractivity contribution is 5.96. The first-order valence-corrected chi connectivity index (χ1v) is 8.06. The smallest absolute Gasteiger partial charge is 0.349 e. The topological polar surface area (TPSA) is 68.5 Å². The van der Waals surface area contributed by atoms with Crippen molar-refractivity contribution in [2.75, 3.05) is 13.7 Å². The number of rotatable bonds is 5. The first kappa shape index (κ1) is 17.8. The van der Waals surface area contributed by atoms with E-state index in [-0.39, 0.29) is 12.1 Å². The molecule has 0 spiro atoms. The molecular formula is C20H18FNO4. The van der Waals surface area contributed by atoms with Gasteiger partial charge in [-0.25, -0.2) is 9.18 Å². The summed E-state index contributed by atoms with van der Waals surface area (Å²) in [6.45, 7) is 1.64. The van der Waals surface area contributed by atoms with Gasteiger partial charge in [-0.2, -0.15) is 0 Å². The quantitative estimate of drug-likeness (QED) is 0.714. The Morgan fingerprint density at radius 1 is 1.19 bits per heavy atom. The highest BCUT2D eigenvalue weighted by Gasteiger charge is 2.30. The highest BCUT2D eigenvalue weighted by Crippen LogP contribution is 2.26. The van der Waals surface area contributed by atoms with Crippen molar-refractivity contribution in [1.29, 1.82) is 0 Å². The van der Waals surface area contributed by atoms with Crippen LogP contribution >= 0.6 is 0 Å². The van der Waals surface area contributed by atoms with Gasteiger partial charge in [-0.1, -0.05) is 36.4 Å². The van der Waals surface area contributed by atoms with E-state index in [1.54, 1.807) is 49.4 Å². The summed E-state index contributed by atoms with van der Waals surface area (Å²) in [7, 11) is 1.43. The molecule has 5 nitrogen and oxygen atoms in total. The van der Waals surface area contributed by atoms with E-state index < -0.39 is 23.0 Å². The highest BCUT2D eigenvalue weighted by atomic mass is 19.1. The summed E-state index contributed by atoms with van der Waals surface area (Å²) in [6.07, 6.45) is 0. The van der Waals surface area contributed by atoms with Crippen molar-refractivity contribution < 1.29 is 18.3 Å². The van der Waals surface area contributed by atoms with Crippen LogP contribution in [0.5, 0.6) is 0 Å². The second-order valence-electron chi connectivity index (χ2n) is 6.08. The fraction of sp³-hybridized carbons (Fsp3) is 0.200. The van der Waals surface area contributed by atoms with Crippen LogP contribution in [0, 0.1) is 5.82 Å². The van der Waals surface area contributed by atoms with Crippen LogP contribution in [-0.4, -0.2) is 19.6 Å². The van der Waals surface area contributed by atoms with Crippen molar-refractivity contribution >= 4 is 16.9 Å². The molecule has 1 heterocycles. The Balaban J connectivity index is 1.85. The summed E-state index contributed by atoms with van der Waals surface area (Å²) >= 11 is 0. The average Bonchev–Trinajstić information content (AvgIpc) is 2.65. The number of hydrogen-bond acceptors (Lipinski definition) is 4. The van der Waals surface area contributed by atoms with Crippen molar-refractivity contribution in [3.05, 3.63) is 82.0 Å². The lowest BCUT2D eigenvalue weighted by atomic mass is 9.95. The minimum absolute atomic E-state index is 0.0183. The van der Waals surface area contributed by atoms with E-state index in [0.29, 0.717) is 16.5 Å². The summed E-state index contributed by atoms with van der Waals surface area (Å²) in [6, 6.07) is 14.6. The van der Waals surface area contributed by atoms with E-state index in [2.05, 4.69) is 5.32 Å². The Labute approximate surface area is 149 Å². The standard InChI is InChI=1S/C20H18FNO4/c1-20(25-2,15-8-4-5-9-16(15)21)12-22-18(23)14-11-13-7-3-6-10-17(13)26-19(14)24/h3-11H,12H2,1-2H3,(H,22,23)/t20-/m1/s1. The van der Waals surface area contributed by atoms with Gasteiger partial charge in [0, 0.05) is 18.1 Å². The molecule has 6 heteroatoms. The first-order chi connectivity index (χ1) is 12.4. The molecule has 0 aliphatic rings. The molecule has 1 amide bonds. The number of halogens is 1. The van der Waals surface area contributed by atoms with Crippen LogP contribution in [0.4, 0.5) is 4.39 Å². The number of fused-ring (bicyclic) bond motifs is 1. The maximum atomic E-state index is 14.1. The van der Waals surface area contributed by atoms with Gasteiger partial charge in [-0.05, 0) is 25.1 Å². The van der Waals surface area contributed by atoms with Gasteiger partial charge in [0.25, 0.3) is 5.91 Å². The largest absolute Gasteiger partial charge is 0.422 e. The lowest BCUT2D eigenvalue weighted by molar-refractivity contribution is 0.000359. The number of methoxy groups -OCH3 is 1. The third kappa shape index (κ3) is 3.36. The fourth-order valence-corrected chi connectivity index (χ4v) is 2.73. The maximum absolute atomic E-state index is 14.1. The van der Waals surface area contributed by atoms with E-state index in [9.17, 15) is 14.0 Å². The number of nitrogens with one attached hydrogen (secondary N) is 1. The molecule has 134 valence electrons. The average molecular weight is 355 g/mol. The zero-order chi connectivity index (χ0) is 18.7. The Bertz CT molecular complexity index is 1010. The molecule has 26 heavy (non-hydrogen) atoms. The molecule has 0 saturated carbocycles. The van der Waals surface area contributed by atoms with Crippen molar-refractivity contribution in [3.63, 3.8) is 0 Å². The van der Waals surface area contributed by atoms with Crippen LogP contribution < -0.4 is 10.9 Å². The summed E-state index contributed by atoms with van der Waals surface area (Å²) in [4.78, 5) is 24.5. The second kappa shape index (κ2) is 7.09. The number of ether oxygens (including phenoxy) is 1. The Morgan fingerprint density at radius 2 is 1.88 bits per heavy atom. The third-order valence-corrected chi connectivity index (χ3v) is 4.37. The predicted molar refractivity (Wildman–Crippen MR) is 95.6 cm³/mol. The monoisotopic (exact) mass is 355 g/mol. The van der Waals surface area contributed by atoms with Gasteiger partial charge >= 0.3 is 5.63 Å². The van der Waals surface area contributed by atoms with Gasteiger partial charge in [0.15, 0.2) is 0 Å². The van der Waals surface area contributed by atoms with Gasteiger partial charge in [0.1, 0.15) is 22.6 Å². The minimum Gasteiger partial charge on any atom is -0.422 e. The van der Waals surface area contributed by atoms with E-state index in [1.165, 1.54) is 19.2 Å². The first-order valence-electron chi connectivity index (χ1n) is 8.06. The molecule has 0 bridgehead atoms. The van der Waals surface area contributed by atoms with Crippen molar-refractivity contribution in [2.45, 2.75) is 12.5 Å². The van der Waals surface area contributed by atoms with Crippen molar-refractivity contribution in [3.8, 4) is 0 Å². The fourth-order valence-electron chi connectivity index (χ4n) is 2.73. The number of para-hydroxylation sites is 1. The molecule has 0 fully saturated rings. The van der Waals surface area contributed by atoms with E-state index in [0.717, 1.165) is 0 Å². The second-order valence-corrected chi connectivity index (χ2v) is 6.08. The van der Waals surface area contributed by atoms with E-state index >= 15 is 0 Å². The summed E-state index contributed by atoms with van der Waals surface area (Å²) in [5.41, 5.74) is -1.21. The molecular weight excluding hydrogens is 337 g/mol. The molecule has 0 saturated heterocycles.